The summed E-state index contributed by atoms with van der Waals surface area (Å²) in [5.74, 6) is 0.342. The lowest BCUT2D eigenvalue weighted by atomic mass is 9.96. The van der Waals surface area contributed by atoms with E-state index in [-0.39, 0.29) is 11.9 Å². The lowest BCUT2D eigenvalue weighted by Crippen LogP contribution is -3.17. The molecular weight excluding hydrogens is 270 g/mol. The van der Waals surface area contributed by atoms with Crippen LogP contribution in [0.3, 0.4) is 0 Å². The van der Waals surface area contributed by atoms with E-state index in [1.165, 1.54) is 14.6 Å². The van der Waals surface area contributed by atoms with Gasteiger partial charge in [-0.15, -0.1) is 11.3 Å². The normalized spacial score (nSPS) is 24.6. The van der Waals surface area contributed by atoms with Gasteiger partial charge in [0.2, 0.25) is 0 Å². The third-order valence-electron chi connectivity index (χ3n) is 4.33. The van der Waals surface area contributed by atoms with Gasteiger partial charge in [-0.1, -0.05) is 12.1 Å². The van der Waals surface area contributed by atoms with Gasteiger partial charge in [-0.3, -0.25) is 4.79 Å². The molecule has 1 saturated heterocycles. The molecule has 1 aromatic heterocycles. The zero-order valence-electron chi connectivity index (χ0n) is 11.6. The maximum atomic E-state index is 11.3. The van der Waals surface area contributed by atoms with E-state index in [1.54, 1.807) is 0 Å². The van der Waals surface area contributed by atoms with Gasteiger partial charge < -0.3 is 10.6 Å². The van der Waals surface area contributed by atoms with E-state index < -0.39 is 0 Å². The second-order valence-corrected chi connectivity index (χ2v) is 6.64. The highest BCUT2D eigenvalue weighted by molar-refractivity contribution is 7.18. The van der Waals surface area contributed by atoms with Crippen molar-refractivity contribution in [2.45, 2.75) is 31.7 Å². The van der Waals surface area contributed by atoms with Crippen molar-refractivity contribution in [3.63, 3.8) is 0 Å². The molecule has 3 rings (SSSR count). The van der Waals surface area contributed by atoms with Crippen molar-refractivity contribution >= 4 is 27.5 Å². The van der Waals surface area contributed by atoms with E-state index >= 15 is 0 Å². The molecule has 106 valence electrons. The smallest absolute Gasteiger partial charge is 0.275 e. The number of carbonyl (C=O) groups excluding carboxylic acids is 1. The molecule has 1 aromatic carbocycles. The Bertz CT molecular complexity index is 583. The number of carbonyl (C=O) groups is 1. The van der Waals surface area contributed by atoms with Gasteiger partial charge in [-0.2, -0.15) is 0 Å². The van der Waals surface area contributed by atoms with Gasteiger partial charge in [0.15, 0.2) is 6.04 Å². The van der Waals surface area contributed by atoms with Crippen molar-refractivity contribution in [1.82, 2.24) is 4.98 Å². The number of piperidine rings is 1. The molecule has 0 aliphatic carbocycles. The third-order valence-corrected chi connectivity index (χ3v) is 5.53. The first kappa shape index (κ1) is 13.5. The van der Waals surface area contributed by atoms with Gasteiger partial charge in [-0.05, 0) is 19.1 Å². The number of nitrogens with one attached hydrogen (secondary N) is 1. The molecule has 1 amide bonds. The topological polar surface area (TPSA) is 60.4 Å². The van der Waals surface area contributed by atoms with Crippen molar-refractivity contribution in [3.05, 3.63) is 29.3 Å². The van der Waals surface area contributed by atoms with Crippen LogP contribution in [0.4, 0.5) is 0 Å². The molecule has 1 aliphatic rings. The summed E-state index contributed by atoms with van der Waals surface area (Å²) in [6, 6.07) is 8.22. The van der Waals surface area contributed by atoms with E-state index in [0.29, 0.717) is 5.92 Å². The number of amides is 1. The lowest BCUT2D eigenvalue weighted by Gasteiger charge is -2.31. The number of hydrogen-bond donors (Lipinski definition) is 2. The summed E-state index contributed by atoms with van der Waals surface area (Å²) in [6.45, 7) is 3.94. The molecule has 2 aromatic rings. The van der Waals surface area contributed by atoms with Crippen molar-refractivity contribution < 1.29 is 9.69 Å². The first-order valence-electron chi connectivity index (χ1n) is 7.14. The number of rotatable bonds is 3. The highest BCUT2D eigenvalue weighted by Crippen LogP contribution is 2.31. The molecule has 1 fully saturated rings. The molecule has 1 atom stereocenters. The van der Waals surface area contributed by atoms with E-state index in [0.717, 1.165) is 31.4 Å². The van der Waals surface area contributed by atoms with Crippen molar-refractivity contribution in [2.75, 3.05) is 13.1 Å². The number of hydrogen-bond acceptors (Lipinski definition) is 3. The average molecular weight is 290 g/mol. The summed E-state index contributed by atoms with van der Waals surface area (Å²) < 4.78 is 1.27. The molecule has 1 aliphatic heterocycles. The molecular formula is C15H20N3OS+. The number of fused-ring (bicyclic) bond motifs is 1. The van der Waals surface area contributed by atoms with Gasteiger partial charge in [-0.25, -0.2) is 4.98 Å². The summed E-state index contributed by atoms with van der Waals surface area (Å²) >= 11 is 1.81. The quantitative estimate of drug-likeness (QED) is 0.883. The van der Waals surface area contributed by atoms with Crippen LogP contribution in [0.2, 0.25) is 0 Å². The molecule has 2 heterocycles. The van der Waals surface area contributed by atoms with Gasteiger partial charge >= 0.3 is 0 Å². The Labute approximate surface area is 122 Å². The molecule has 5 heteroatoms. The van der Waals surface area contributed by atoms with Crippen LogP contribution in [0, 0.1) is 0 Å². The predicted octanol–water partition coefficient (Wildman–Crippen LogP) is 0.932. The van der Waals surface area contributed by atoms with Crippen molar-refractivity contribution in [1.29, 1.82) is 0 Å². The molecule has 0 spiro atoms. The maximum absolute atomic E-state index is 11.3. The summed E-state index contributed by atoms with van der Waals surface area (Å²) in [7, 11) is 0. The molecule has 0 bridgehead atoms. The summed E-state index contributed by atoms with van der Waals surface area (Å²) in [4.78, 5) is 17.3. The Hall–Kier alpha value is -1.46. The van der Waals surface area contributed by atoms with Gasteiger partial charge in [0.25, 0.3) is 5.91 Å². The molecule has 4 nitrogen and oxygen atoms in total. The summed E-state index contributed by atoms with van der Waals surface area (Å²) in [5, 5.41) is 1.25. The molecule has 0 radical (unpaired) electrons. The van der Waals surface area contributed by atoms with Gasteiger partial charge in [0.05, 0.1) is 28.3 Å². The highest BCUT2D eigenvalue weighted by Gasteiger charge is 2.30. The van der Waals surface area contributed by atoms with Crippen LogP contribution in [0.1, 0.15) is 30.7 Å². The monoisotopic (exact) mass is 290 g/mol. The second kappa shape index (κ2) is 5.50. The molecule has 0 saturated carbocycles. The van der Waals surface area contributed by atoms with E-state index in [4.69, 9.17) is 10.7 Å². The Morgan fingerprint density at radius 2 is 2.10 bits per heavy atom. The summed E-state index contributed by atoms with van der Waals surface area (Å²) in [5.41, 5.74) is 6.50. The zero-order valence-corrected chi connectivity index (χ0v) is 12.5. The second-order valence-electron chi connectivity index (χ2n) is 5.58. The number of quaternary nitrogens is 1. The van der Waals surface area contributed by atoms with E-state index in [1.807, 2.05) is 24.3 Å². The number of para-hydroxylation sites is 1. The largest absolute Gasteiger partial charge is 0.365 e. The first-order valence-corrected chi connectivity index (χ1v) is 7.96. The SMILES string of the molecule is C[C@@H](C(N)=O)[NH+]1CCC(c2nc3ccccc3s2)CC1. The number of thiazole rings is 1. The fourth-order valence-electron chi connectivity index (χ4n) is 2.93. The minimum absolute atomic E-state index is 0.0775. The molecule has 3 N–H and O–H groups in total. The summed E-state index contributed by atoms with van der Waals surface area (Å²) in [6.07, 6.45) is 2.18. The van der Waals surface area contributed by atoms with Gasteiger partial charge in [0.1, 0.15) is 0 Å². The number of nitrogens with two attached hydrogens (primary N) is 1. The predicted molar refractivity (Wildman–Crippen MR) is 80.9 cm³/mol. The fourth-order valence-corrected chi connectivity index (χ4v) is 4.07. The van der Waals surface area contributed by atoms with E-state index in [2.05, 4.69) is 18.2 Å². The molecule has 20 heavy (non-hydrogen) atoms. The van der Waals surface area contributed by atoms with Crippen LogP contribution in [-0.2, 0) is 4.79 Å². The molecule has 0 unspecified atom stereocenters. The maximum Gasteiger partial charge on any atom is 0.275 e. The Morgan fingerprint density at radius 1 is 1.40 bits per heavy atom. The Kier molecular flexibility index (Phi) is 3.72. The average Bonchev–Trinajstić information content (AvgIpc) is 2.90. The zero-order chi connectivity index (χ0) is 14.1. The standard InChI is InChI=1S/C15H19N3OS/c1-10(14(16)19)18-8-6-11(7-9-18)15-17-12-4-2-3-5-13(12)20-15/h2-5,10-11H,6-9H2,1H3,(H2,16,19)/p+1/t10-/m0/s1. The van der Waals surface area contributed by atoms with Crippen LogP contribution in [0.25, 0.3) is 10.2 Å². The lowest BCUT2D eigenvalue weighted by molar-refractivity contribution is -0.919. The number of nitrogens with zero attached hydrogens (tertiary/aromatic N) is 1. The van der Waals surface area contributed by atoms with Crippen molar-refractivity contribution in [2.24, 2.45) is 5.73 Å². The van der Waals surface area contributed by atoms with Crippen LogP contribution >= 0.6 is 11.3 Å². The third kappa shape index (κ3) is 2.55. The number of primary amides is 1. The number of benzene rings is 1. The Balaban J connectivity index is 1.70. The van der Waals surface area contributed by atoms with Gasteiger partial charge in [0, 0.05) is 18.8 Å². The van der Waals surface area contributed by atoms with Crippen LogP contribution in [0.15, 0.2) is 24.3 Å². The highest BCUT2D eigenvalue weighted by atomic mass is 32.1. The van der Waals surface area contributed by atoms with Crippen molar-refractivity contribution in [3.8, 4) is 0 Å². The van der Waals surface area contributed by atoms with E-state index in [9.17, 15) is 4.79 Å². The Morgan fingerprint density at radius 3 is 2.75 bits per heavy atom. The van der Waals surface area contributed by atoms with Crippen LogP contribution in [0.5, 0.6) is 0 Å². The minimum Gasteiger partial charge on any atom is -0.365 e. The van der Waals surface area contributed by atoms with Crippen LogP contribution < -0.4 is 10.6 Å². The van der Waals surface area contributed by atoms with Crippen LogP contribution in [-0.4, -0.2) is 30.0 Å². The number of aromatic nitrogens is 1. The number of likely N-dealkylation sites (tertiary alicyclic amines) is 1. The first-order chi connectivity index (χ1) is 9.65. The fraction of sp³-hybridized carbons (Fsp3) is 0.467. The minimum atomic E-state index is -0.196.